The molecule has 5 atom stereocenters. The number of alkyl halides is 7. The number of hydrogen-bond donors (Lipinski definition) is 2. The average molecular weight is 431 g/mol. The number of hydrazine groups is 1. The first-order chi connectivity index (χ1) is 12.9. The standard InChI is InChI=1S/C15H17ClF6N6/c1-13(15(20,21)22)6-24-8-5-23-11-3-10(16)27(28(11)12(8)13)7-2-9(14(17,18)19)26-25-4-7/h2,4,8,10-12,23-24H,3,5-6H2,1H3/t8?,10?,11?,12-,13?/m0/s1. The predicted octanol–water partition coefficient (Wildman–Crippen LogP) is 2.33. The lowest BCUT2D eigenvalue weighted by atomic mass is 9.80. The number of nitrogens with zero attached hydrogens (tertiary/aromatic N) is 4. The van der Waals surface area contributed by atoms with Gasteiger partial charge in [0.25, 0.3) is 0 Å². The Labute approximate surface area is 161 Å². The Morgan fingerprint density at radius 2 is 1.93 bits per heavy atom. The lowest BCUT2D eigenvalue weighted by Crippen LogP contribution is -2.69. The molecule has 0 aliphatic carbocycles. The monoisotopic (exact) mass is 430 g/mol. The fraction of sp³-hybridized carbons (Fsp3) is 0.733. The van der Waals surface area contributed by atoms with Gasteiger partial charge >= 0.3 is 12.4 Å². The highest BCUT2D eigenvalue weighted by atomic mass is 35.5. The van der Waals surface area contributed by atoms with Gasteiger partial charge in [-0.15, -0.1) is 5.10 Å². The summed E-state index contributed by atoms with van der Waals surface area (Å²) in [6, 6.07) is -0.823. The molecule has 28 heavy (non-hydrogen) atoms. The summed E-state index contributed by atoms with van der Waals surface area (Å²) < 4.78 is 80.9. The third kappa shape index (κ3) is 2.92. The number of halogens is 7. The van der Waals surface area contributed by atoms with Crippen LogP contribution in [0.4, 0.5) is 32.0 Å². The number of hydrogen-bond acceptors (Lipinski definition) is 6. The lowest BCUT2D eigenvalue weighted by Gasteiger charge is -2.49. The van der Waals surface area contributed by atoms with Crippen molar-refractivity contribution in [2.75, 3.05) is 18.1 Å². The van der Waals surface area contributed by atoms with E-state index in [1.54, 1.807) is 0 Å². The third-order valence-electron chi connectivity index (χ3n) is 5.72. The normalized spacial score (nSPS) is 36.5. The largest absolute Gasteiger partial charge is 0.435 e. The Kier molecular flexibility index (Phi) is 4.49. The van der Waals surface area contributed by atoms with E-state index in [0.717, 1.165) is 19.2 Å². The van der Waals surface area contributed by atoms with E-state index in [4.69, 9.17) is 11.6 Å². The van der Waals surface area contributed by atoms with Gasteiger partial charge in [0.15, 0.2) is 5.69 Å². The second kappa shape index (κ2) is 6.31. The van der Waals surface area contributed by atoms with Crippen molar-refractivity contribution in [3.63, 3.8) is 0 Å². The van der Waals surface area contributed by atoms with Crippen LogP contribution in [0.2, 0.25) is 0 Å². The smallest absolute Gasteiger partial charge is 0.310 e. The summed E-state index contributed by atoms with van der Waals surface area (Å²) >= 11 is 6.37. The van der Waals surface area contributed by atoms with Gasteiger partial charge in [-0.3, -0.25) is 10.3 Å². The first-order valence-electron chi connectivity index (χ1n) is 8.58. The molecule has 1 aromatic heterocycles. The van der Waals surface area contributed by atoms with Crippen LogP contribution in [0.1, 0.15) is 19.0 Å². The quantitative estimate of drug-likeness (QED) is 0.405. The maximum atomic E-state index is 13.9. The molecule has 0 saturated carbocycles. The van der Waals surface area contributed by atoms with Crippen LogP contribution in [0.25, 0.3) is 0 Å². The zero-order valence-corrected chi connectivity index (χ0v) is 15.3. The Bertz CT molecular complexity index is 759. The highest BCUT2D eigenvalue weighted by molar-refractivity contribution is 6.22. The van der Waals surface area contributed by atoms with Crippen LogP contribution in [0.15, 0.2) is 12.3 Å². The molecule has 3 fully saturated rings. The minimum atomic E-state index is -4.73. The van der Waals surface area contributed by atoms with E-state index < -0.39 is 47.2 Å². The van der Waals surface area contributed by atoms with Gasteiger partial charge in [-0.05, 0) is 13.0 Å². The number of nitrogens with one attached hydrogen (secondary N) is 2. The molecular weight excluding hydrogens is 414 g/mol. The van der Waals surface area contributed by atoms with Gasteiger partial charge in [-0.2, -0.15) is 36.5 Å². The SMILES string of the molecule is CC1(C(F)(F)F)CNC2CNC3CC(Cl)N(c4cnnc(C(F)(F)F)c4)N3[C@@H]21. The molecular formula is C15H17ClF6N6. The molecule has 0 bridgehead atoms. The van der Waals surface area contributed by atoms with E-state index in [-0.39, 0.29) is 18.7 Å². The Hall–Kier alpha value is -1.37. The summed E-state index contributed by atoms with van der Waals surface area (Å²) in [5.41, 5.74) is -4.21. The van der Waals surface area contributed by atoms with E-state index in [2.05, 4.69) is 20.8 Å². The molecule has 3 aliphatic heterocycles. The molecule has 0 spiro atoms. The summed E-state index contributed by atoms with van der Waals surface area (Å²) in [7, 11) is 0. The molecule has 4 unspecified atom stereocenters. The Balaban J connectivity index is 1.77. The van der Waals surface area contributed by atoms with Crippen LogP contribution in [-0.2, 0) is 6.18 Å². The van der Waals surface area contributed by atoms with Crippen molar-refractivity contribution in [3.05, 3.63) is 18.0 Å². The van der Waals surface area contributed by atoms with Gasteiger partial charge in [0.05, 0.1) is 29.5 Å². The van der Waals surface area contributed by atoms with E-state index in [1.165, 1.54) is 10.0 Å². The van der Waals surface area contributed by atoms with Gasteiger partial charge in [-0.25, -0.2) is 0 Å². The Morgan fingerprint density at radius 3 is 2.57 bits per heavy atom. The van der Waals surface area contributed by atoms with Crippen LogP contribution in [0.3, 0.4) is 0 Å². The Morgan fingerprint density at radius 1 is 1.21 bits per heavy atom. The van der Waals surface area contributed by atoms with Crippen molar-refractivity contribution in [2.24, 2.45) is 5.41 Å². The highest BCUT2D eigenvalue weighted by Crippen LogP contribution is 2.50. The van der Waals surface area contributed by atoms with E-state index >= 15 is 0 Å². The molecule has 4 heterocycles. The number of fused-ring (bicyclic) bond motifs is 3. The number of rotatable bonds is 1. The van der Waals surface area contributed by atoms with E-state index in [9.17, 15) is 26.3 Å². The minimum absolute atomic E-state index is 0.0521. The van der Waals surface area contributed by atoms with Gasteiger partial charge in [0.2, 0.25) is 0 Å². The molecule has 13 heteroatoms. The molecule has 3 aliphatic rings. The zero-order chi connectivity index (χ0) is 20.5. The topological polar surface area (TPSA) is 56.3 Å². The van der Waals surface area contributed by atoms with Gasteiger partial charge in [0.1, 0.15) is 5.50 Å². The van der Waals surface area contributed by atoms with Crippen LogP contribution < -0.4 is 15.6 Å². The van der Waals surface area contributed by atoms with Crippen LogP contribution >= 0.6 is 11.6 Å². The second-order valence-electron chi connectivity index (χ2n) is 7.46. The molecule has 0 aromatic carbocycles. The van der Waals surface area contributed by atoms with Crippen molar-refractivity contribution < 1.29 is 26.3 Å². The van der Waals surface area contributed by atoms with Crippen molar-refractivity contribution in [1.29, 1.82) is 0 Å². The van der Waals surface area contributed by atoms with Gasteiger partial charge in [-0.1, -0.05) is 11.6 Å². The second-order valence-corrected chi connectivity index (χ2v) is 7.97. The van der Waals surface area contributed by atoms with Crippen LogP contribution in [-0.4, -0.2) is 58.2 Å². The minimum Gasteiger partial charge on any atom is -0.310 e. The first-order valence-corrected chi connectivity index (χ1v) is 9.02. The number of aromatic nitrogens is 2. The summed E-state index contributed by atoms with van der Waals surface area (Å²) in [4.78, 5) is 0. The molecule has 156 valence electrons. The molecule has 6 nitrogen and oxygen atoms in total. The molecule has 1 aromatic rings. The summed E-state index contributed by atoms with van der Waals surface area (Å²) in [5.74, 6) is 0. The first kappa shape index (κ1) is 19.9. The van der Waals surface area contributed by atoms with Crippen molar-refractivity contribution in [3.8, 4) is 0 Å². The number of anilines is 1. The van der Waals surface area contributed by atoms with E-state index in [1.807, 2.05) is 0 Å². The summed E-state index contributed by atoms with van der Waals surface area (Å²) in [5, 5.41) is 15.2. The van der Waals surface area contributed by atoms with Crippen molar-refractivity contribution >= 4 is 17.3 Å². The summed E-state index contributed by atoms with van der Waals surface area (Å²) in [6.45, 7) is 1.13. The lowest BCUT2D eigenvalue weighted by molar-refractivity contribution is -0.231. The van der Waals surface area contributed by atoms with Crippen LogP contribution in [0, 0.1) is 5.41 Å². The average Bonchev–Trinajstić information content (AvgIpc) is 3.11. The molecule has 0 amide bonds. The predicted molar refractivity (Wildman–Crippen MR) is 87.1 cm³/mol. The zero-order valence-electron chi connectivity index (χ0n) is 14.5. The van der Waals surface area contributed by atoms with Gasteiger partial charge in [0, 0.05) is 25.6 Å². The molecule has 2 N–H and O–H groups in total. The van der Waals surface area contributed by atoms with Crippen LogP contribution in [0.5, 0.6) is 0 Å². The molecule has 0 radical (unpaired) electrons. The van der Waals surface area contributed by atoms with Crippen molar-refractivity contribution in [2.45, 2.75) is 49.4 Å². The summed E-state index contributed by atoms with van der Waals surface area (Å²) in [6.07, 6.45) is -8.47. The fourth-order valence-corrected chi connectivity index (χ4v) is 4.68. The third-order valence-corrected chi connectivity index (χ3v) is 6.08. The fourth-order valence-electron chi connectivity index (χ4n) is 4.30. The van der Waals surface area contributed by atoms with E-state index in [0.29, 0.717) is 6.54 Å². The maximum Gasteiger partial charge on any atom is 0.435 e. The van der Waals surface area contributed by atoms with Gasteiger partial charge < -0.3 is 5.32 Å². The highest BCUT2D eigenvalue weighted by Gasteiger charge is 2.66. The maximum absolute atomic E-state index is 13.9. The van der Waals surface area contributed by atoms with Crippen molar-refractivity contribution in [1.82, 2.24) is 25.8 Å². The molecule has 4 rings (SSSR count). The molecule has 3 saturated heterocycles.